The second-order valence-corrected chi connectivity index (χ2v) is 7.94. The first kappa shape index (κ1) is 21.3. The molecule has 2 amide bonds. The Morgan fingerprint density at radius 2 is 1.77 bits per heavy atom. The minimum absolute atomic E-state index is 0.137. The number of carbonyl (C=O) groups excluding carboxylic acids is 2. The number of hydrogen-bond acceptors (Lipinski definition) is 3. The summed E-state index contributed by atoms with van der Waals surface area (Å²) in [4.78, 5) is 26.5. The Balaban J connectivity index is 1.44. The molecule has 31 heavy (non-hydrogen) atoms. The fourth-order valence-corrected chi connectivity index (χ4v) is 4.22. The Morgan fingerprint density at radius 1 is 1.10 bits per heavy atom. The lowest BCUT2D eigenvalue weighted by Crippen LogP contribution is -2.58. The zero-order chi connectivity index (χ0) is 22.2. The van der Waals surface area contributed by atoms with Crippen molar-refractivity contribution in [2.75, 3.05) is 13.1 Å². The van der Waals surface area contributed by atoms with Gasteiger partial charge in [-0.25, -0.2) is 4.39 Å². The lowest BCUT2D eigenvalue weighted by atomic mass is 9.96. The molecule has 0 bridgehead atoms. The highest BCUT2D eigenvalue weighted by molar-refractivity contribution is 5.96. The van der Waals surface area contributed by atoms with E-state index in [1.54, 1.807) is 0 Å². The summed E-state index contributed by atoms with van der Waals surface area (Å²) in [6.07, 6.45) is -3.57. The van der Waals surface area contributed by atoms with Gasteiger partial charge in [-0.2, -0.15) is 13.2 Å². The average Bonchev–Trinajstić information content (AvgIpc) is 3.02. The predicted molar refractivity (Wildman–Crippen MR) is 104 cm³/mol. The van der Waals surface area contributed by atoms with Crippen molar-refractivity contribution >= 4 is 11.8 Å². The van der Waals surface area contributed by atoms with Crippen LogP contribution in [0.25, 0.3) is 0 Å². The van der Waals surface area contributed by atoms with E-state index in [1.807, 2.05) is 30.3 Å². The fourth-order valence-electron chi connectivity index (χ4n) is 4.22. The zero-order valence-corrected chi connectivity index (χ0v) is 16.5. The fraction of sp³-hybridized carbons (Fsp3) is 0.364. The van der Waals surface area contributed by atoms with Gasteiger partial charge in [-0.15, -0.1) is 0 Å². The van der Waals surface area contributed by atoms with E-state index in [0.29, 0.717) is 37.5 Å². The van der Waals surface area contributed by atoms with Gasteiger partial charge in [0.15, 0.2) is 0 Å². The van der Waals surface area contributed by atoms with E-state index >= 15 is 0 Å². The van der Waals surface area contributed by atoms with Gasteiger partial charge in [0.05, 0.1) is 22.8 Å². The Labute approximate surface area is 176 Å². The smallest absolute Gasteiger partial charge is 0.338 e. The molecule has 2 aliphatic rings. The first-order chi connectivity index (χ1) is 14.7. The molecule has 0 saturated carbocycles. The zero-order valence-electron chi connectivity index (χ0n) is 16.5. The molecule has 2 aromatic rings. The minimum Gasteiger partial charge on any atom is -0.338 e. The Hall–Kier alpha value is -2.94. The van der Waals surface area contributed by atoms with E-state index in [0.717, 1.165) is 5.56 Å². The van der Waals surface area contributed by atoms with Crippen LogP contribution in [0, 0.1) is 5.82 Å². The molecular formula is C22H21F4N3O2. The van der Waals surface area contributed by atoms with Crippen molar-refractivity contribution < 1.29 is 27.2 Å². The molecule has 2 aromatic carbocycles. The molecule has 9 heteroatoms. The summed E-state index contributed by atoms with van der Waals surface area (Å²) >= 11 is 0. The quantitative estimate of drug-likeness (QED) is 0.729. The number of amides is 2. The molecule has 1 unspecified atom stereocenters. The number of piperidine rings is 1. The summed E-state index contributed by atoms with van der Waals surface area (Å²) in [5.41, 5.74) is -1.56. The number of nitrogens with one attached hydrogen (secondary N) is 2. The molecule has 1 atom stereocenters. The van der Waals surface area contributed by atoms with Crippen molar-refractivity contribution in [2.24, 2.45) is 0 Å². The maximum atomic E-state index is 13.6. The number of rotatable bonds is 3. The first-order valence-corrected chi connectivity index (χ1v) is 9.97. The van der Waals surface area contributed by atoms with Crippen LogP contribution in [0.3, 0.4) is 0 Å². The monoisotopic (exact) mass is 435 g/mol. The van der Waals surface area contributed by atoms with Gasteiger partial charge in [-0.3, -0.25) is 14.9 Å². The van der Waals surface area contributed by atoms with Crippen LogP contribution in [0.5, 0.6) is 0 Å². The minimum atomic E-state index is -4.76. The molecule has 2 heterocycles. The molecule has 5 nitrogen and oxygen atoms in total. The van der Waals surface area contributed by atoms with Gasteiger partial charge in [0.25, 0.3) is 5.91 Å². The van der Waals surface area contributed by atoms with Gasteiger partial charge in [-0.1, -0.05) is 30.3 Å². The predicted octanol–water partition coefficient (Wildman–Crippen LogP) is 3.11. The summed E-state index contributed by atoms with van der Waals surface area (Å²) < 4.78 is 53.4. The van der Waals surface area contributed by atoms with Crippen LogP contribution < -0.4 is 10.6 Å². The Morgan fingerprint density at radius 3 is 2.42 bits per heavy atom. The van der Waals surface area contributed by atoms with Crippen LogP contribution in [-0.4, -0.2) is 41.5 Å². The van der Waals surface area contributed by atoms with E-state index in [9.17, 15) is 27.2 Å². The van der Waals surface area contributed by atoms with Gasteiger partial charge >= 0.3 is 6.18 Å². The second kappa shape index (κ2) is 7.96. The third-order valence-electron chi connectivity index (χ3n) is 5.83. The van der Waals surface area contributed by atoms with Crippen LogP contribution in [0.15, 0.2) is 48.5 Å². The van der Waals surface area contributed by atoms with Crippen molar-refractivity contribution in [1.29, 1.82) is 0 Å². The summed E-state index contributed by atoms with van der Waals surface area (Å²) in [5, 5.41) is 6.27. The molecule has 0 aliphatic carbocycles. The summed E-state index contributed by atoms with van der Waals surface area (Å²) in [7, 11) is 0. The van der Waals surface area contributed by atoms with E-state index in [-0.39, 0.29) is 19.0 Å². The molecular weight excluding hydrogens is 414 g/mol. The molecule has 2 saturated heterocycles. The molecule has 164 valence electrons. The van der Waals surface area contributed by atoms with Gasteiger partial charge < -0.3 is 10.2 Å². The molecule has 4 rings (SSSR count). The summed E-state index contributed by atoms with van der Waals surface area (Å²) in [6.45, 7) is 0.274. The number of benzene rings is 2. The van der Waals surface area contributed by atoms with E-state index in [2.05, 4.69) is 10.6 Å². The second-order valence-electron chi connectivity index (χ2n) is 7.94. The molecule has 0 radical (unpaired) electrons. The first-order valence-electron chi connectivity index (χ1n) is 9.97. The van der Waals surface area contributed by atoms with Crippen molar-refractivity contribution in [1.82, 2.24) is 15.5 Å². The van der Waals surface area contributed by atoms with Crippen molar-refractivity contribution in [3.63, 3.8) is 0 Å². The highest BCUT2D eigenvalue weighted by Crippen LogP contribution is 2.34. The molecule has 1 spiro atoms. The standard InChI is InChI=1S/C22H21F4N3O2/c23-15-6-7-17(22(24,25)26)16(13-15)20(31)29-10-8-21(9-11-29)27-18(19(30)28-21)12-14-4-2-1-3-5-14/h1-7,13,18,27H,8-12H2,(H,28,30). The van der Waals surface area contributed by atoms with Crippen LogP contribution in [0.4, 0.5) is 17.6 Å². The number of halogens is 4. The van der Waals surface area contributed by atoms with Gasteiger partial charge in [0, 0.05) is 25.9 Å². The molecule has 2 N–H and O–H groups in total. The van der Waals surface area contributed by atoms with Crippen LogP contribution in [-0.2, 0) is 17.4 Å². The highest BCUT2D eigenvalue weighted by Gasteiger charge is 2.46. The van der Waals surface area contributed by atoms with Gasteiger partial charge in [0.2, 0.25) is 5.91 Å². The van der Waals surface area contributed by atoms with Crippen LogP contribution >= 0.6 is 0 Å². The van der Waals surface area contributed by atoms with E-state index in [1.165, 1.54) is 4.90 Å². The maximum Gasteiger partial charge on any atom is 0.417 e. The highest BCUT2D eigenvalue weighted by atomic mass is 19.4. The SMILES string of the molecule is O=C1NC2(CCN(C(=O)c3cc(F)ccc3C(F)(F)F)CC2)NC1Cc1ccccc1. The number of nitrogens with zero attached hydrogens (tertiary/aromatic N) is 1. The van der Waals surface area contributed by atoms with Crippen LogP contribution in [0.2, 0.25) is 0 Å². The number of hydrogen-bond donors (Lipinski definition) is 2. The molecule has 0 aromatic heterocycles. The Bertz CT molecular complexity index is 986. The van der Waals surface area contributed by atoms with Crippen LogP contribution in [0.1, 0.15) is 34.3 Å². The molecule has 2 aliphatic heterocycles. The summed E-state index contributed by atoms with van der Waals surface area (Å²) in [6, 6.07) is 11.0. The number of alkyl halides is 3. The summed E-state index contributed by atoms with van der Waals surface area (Å²) in [5.74, 6) is -1.92. The number of carbonyl (C=O) groups is 2. The maximum absolute atomic E-state index is 13.6. The Kier molecular flexibility index (Phi) is 5.47. The third-order valence-corrected chi connectivity index (χ3v) is 5.83. The van der Waals surface area contributed by atoms with Crippen molar-refractivity contribution in [3.05, 3.63) is 71.0 Å². The largest absolute Gasteiger partial charge is 0.417 e. The topological polar surface area (TPSA) is 61.4 Å². The van der Waals surface area contributed by atoms with E-state index < -0.39 is 40.7 Å². The van der Waals surface area contributed by atoms with Crippen molar-refractivity contribution in [3.8, 4) is 0 Å². The van der Waals surface area contributed by atoms with Gasteiger partial charge in [-0.05, 0) is 30.2 Å². The third kappa shape index (κ3) is 4.41. The van der Waals surface area contributed by atoms with Crippen molar-refractivity contribution in [2.45, 2.75) is 37.1 Å². The number of likely N-dealkylation sites (tertiary alicyclic amines) is 1. The van der Waals surface area contributed by atoms with Gasteiger partial charge in [0.1, 0.15) is 5.82 Å². The normalized spacial score (nSPS) is 20.7. The van der Waals surface area contributed by atoms with E-state index in [4.69, 9.17) is 0 Å². The lowest BCUT2D eigenvalue weighted by molar-refractivity contribution is -0.138. The average molecular weight is 435 g/mol. The molecule has 2 fully saturated rings. The lowest BCUT2D eigenvalue weighted by Gasteiger charge is -2.39.